The standard InChI is InChI=1S/C23H21Cl2F2N7O/c1-4-16(35)34-8-7-33(10-13(34)5-6-28)23-12(2)21(31-11-32-23)19(27)22(30-3)17-18(26)14(24)9-15(25)20(17)29/h4,9,11,13H,1,3,5,7-8,10,29H2,2H3/b22-19+/t13-/m0/s1. The van der Waals surface area contributed by atoms with Crippen LogP contribution in [0.5, 0.6) is 0 Å². The molecule has 1 saturated heterocycles. The molecule has 3 rings (SSSR count). The first-order valence-electron chi connectivity index (χ1n) is 10.3. The molecule has 1 aliphatic rings. The zero-order chi connectivity index (χ0) is 25.9. The lowest BCUT2D eigenvalue weighted by Crippen LogP contribution is -2.55. The average Bonchev–Trinajstić information content (AvgIpc) is 2.85. The van der Waals surface area contributed by atoms with Gasteiger partial charge in [-0.3, -0.25) is 9.79 Å². The van der Waals surface area contributed by atoms with E-state index in [2.05, 4.69) is 34.3 Å². The number of nitrogens with two attached hydrogens (primary N) is 1. The van der Waals surface area contributed by atoms with Crippen molar-refractivity contribution in [2.24, 2.45) is 4.99 Å². The molecule has 182 valence electrons. The van der Waals surface area contributed by atoms with Crippen LogP contribution in [0.4, 0.5) is 20.3 Å². The van der Waals surface area contributed by atoms with Crippen LogP contribution in [0, 0.1) is 24.1 Å². The van der Waals surface area contributed by atoms with Crippen molar-refractivity contribution < 1.29 is 13.6 Å². The highest BCUT2D eigenvalue weighted by Gasteiger charge is 2.31. The molecule has 0 radical (unpaired) electrons. The van der Waals surface area contributed by atoms with Gasteiger partial charge in [0.25, 0.3) is 0 Å². The highest BCUT2D eigenvalue weighted by Crippen LogP contribution is 2.40. The number of anilines is 2. The monoisotopic (exact) mass is 519 g/mol. The average molecular weight is 520 g/mol. The number of nitriles is 1. The van der Waals surface area contributed by atoms with Gasteiger partial charge in [0.2, 0.25) is 5.91 Å². The van der Waals surface area contributed by atoms with Crippen molar-refractivity contribution in [1.29, 1.82) is 5.26 Å². The van der Waals surface area contributed by atoms with Gasteiger partial charge < -0.3 is 15.5 Å². The van der Waals surface area contributed by atoms with Crippen molar-refractivity contribution in [2.75, 3.05) is 30.3 Å². The number of carbonyl (C=O) groups excluding carboxylic acids is 1. The number of aliphatic imine (C=N–C) groups is 1. The maximum absolute atomic E-state index is 15.7. The van der Waals surface area contributed by atoms with Gasteiger partial charge in [-0.2, -0.15) is 5.26 Å². The maximum Gasteiger partial charge on any atom is 0.246 e. The summed E-state index contributed by atoms with van der Waals surface area (Å²) in [4.78, 5) is 27.5. The van der Waals surface area contributed by atoms with Crippen molar-refractivity contribution in [3.05, 3.63) is 57.7 Å². The lowest BCUT2D eigenvalue weighted by molar-refractivity contribution is -0.128. The molecule has 12 heteroatoms. The van der Waals surface area contributed by atoms with Crippen LogP contribution in [0.15, 0.2) is 30.0 Å². The van der Waals surface area contributed by atoms with Gasteiger partial charge in [-0.1, -0.05) is 29.8 Å². The van der Waals surface area contributed by atoms with Crippen LogP contribution >= 0.6 is 23.2 Å². The number of benzene rings is 1. The minimum atomic E-state index is -1.00. The van der Waals surface area contributed by atoms with Gasteiger partial charge in [0.15, 0.2) is 11.6 Å². The van der Waals surface area contributed by atoms with Crippen LogP contribution in [-0.4, -0.2) is 53.2 Å². The molecule has 2 N–H and O–H groups in total. The smallest absolute Gasteiger partial charge is 0.246 e. The fourth-order valence-corrected chi connectivity index (χ4v) is 4.39. The fraction of sp³-hybridized carbons (Fsp3) is 0.261. The zero-order valence-corrected chi connectivity index (χ0v) is 20.2. The molecule has 1 atom stereocenters. The molecule has 1 aromatic carbocycles. The van der Waals surface area contributed by atoms with E-state index in [1.165, 1.54) is 6.08 Å². The number of carbonyl (C=O) groups is 1. The van der Waals surface area contributed by atoms with E-state index in [4.69, 9.17) is 28.9 Å². The van der Waals surface area contributed by atoms with E-state index in [0.29, 0.717) is 24.5 Å². The summed E-state index contributed by atoms with van der Waals surface area (Å²) in [6.07, 6.45) is 2.45. The van der Waals surface area contributed by atoms with Gasteiger partial charge in [-0.15, -0.1) is 0 Å². The number of hydrogen-bond acceptors (Lipinski definition) is 7. The van der Waals surface area contributed by atoms with Crippen LogP contribution in [0.25, 0.3) is 11.5 Å². The molecule has 1 aliphatic heterocycles. The Bertz CT molecular complexity index is 1250. The van der Waals surface area contributed by atoms with Crippen molar-refractivity contribution in [1.82, 2.24) is 14.9 Å². The number of piperazine rings is 1. The third-order valence-electron chi connectivity index (χ3n) is 5.64. The first kappa shape index (κ1) is 26.1. The molecular weight excluding hydrogens is 499 g/mol. The maximum atomic E-state index is 15.7. The summed E-state index contributed by atoms with van der Waals surface area (Å²) in [5.74, 6) is -1.89. The third-order valence-corrected chi connectivity index (χ3v) is 6.23. The number of aromatic nitrogens is 2. The van der Waals surface area contributed by atoms with Crippen molar-refractivity contribution >= 4 is 58.9 Å². The molecule has 1 aromatic heterocycles. The molecule has 35 heavy (non-hydrogen) atoms. The summed E-state index contributed by atoms with van der Waals surface area (Å²) < 4.78 is 30.6. The van der Waals surface area contributed by atoms with Crippen molar-refractivity contribution in [3.8, 4) is 6.07 Å². The van der Waals surface area contributed by atoms with Gasteiger partial charge in [0, 0.05) is 25.2 Å². The molecule has 1 amide bonds. The SMILES string of the molecule is C=CC(=O)N1CCN(c2ncnc(/C(F)=C(\N=C)c3c(N)c(Cl)cc(Cl)c3F)c2C)C[C@@H]1CC#N. The summed E-state index contributed by atoms with van der Waals surface area (Å²) in [6.45, 7) is 9.42. The molecule has 0 bridgehead atoms. The van der Waals surface area contributed by atoms with Crippen LogP contribution in [0.3, 0.4) is 0 Å². The Hall–Kier alpha value is -3.55. The summed E-state index contributed by atoms with van der Waals surface area (Å²) in [6, 6.07) is 2.78. The molecule has 0 spiro atoms. The van der Waals surface area contributed by atoms with Gasteiger partial charge >= 0.3 is 0 Å². The first-order valence-corrected chi connectivity index (χ1v) is 11.1. The molecule has 0 aliphatic carbocycles. The summed E-state index contributed by atoms with van der Waals surface area (Å²) in [5, 5.41) is 8.78. The lowest BCUT2D eigenvalue weighted by atomic mass is 10.0. The van der Waals surface area contributed by atoms with Gasteiger partial charge in [0.1, 0.15) is 23.5 Å². The highest BCUT2D eigenvalue weighted by atomic mass is 35.5. The minimum absolute atomic E-state index is 0.0732. The quantitative estimate of drug-likeness (QED) is 0.261. The minimum Gasteiger partial charge on any atom is -0.397 e. The normalized spacial score (nSPS) is 16.4. The van der Waals surface area contributed by atoms with Gasteiger partial charge in [0.05, 0.1) is 39.8 Å². The second-order valence-electron chi connectivity index (χ2n) is 7.63. The fourth-order valence-electron chi connectivity index (χ4n) is 3.93. The van der Waals surface area contributed by atoms with Crippen LogP contribution in [-0.2, 0) is 4.79 Å². The van der Waals surface area contributed by atoms with E-state index in [9.17, 15) is 14.4 Å². The Morgan fingerprint density at radius 1 is 1.40 bits per heavy atom. The molecule has 0 unspecified atom stereocenters. The summed E-state index contributed by atoms with van der Waals surface area (Å²) >= 11 is 11.9. The summed E-state index contributed by atoms with van der Waals surface area (Å²) in [5.41, 5.74) is 4.88. The molecule has 2 heterocycles. The topological polar surface area (TPSA) is 112 Å². The number of rotatable bonds is 6. The predicted molar refractivity (Wildman–Crippen MR) is 133 cm³/mol. The highest BCUT2D eigenvalue weighted by molar-refractivity contribution is 6.37. The van der Waals surface area contributed by atoms with E-state index in [1.54, 1.807) is 11.8 Å². The Morgan fingerprint density at radius 3 is 2.74 bits per heavy atom. The van der Waals surface area contributed by atoms with Gasteiger partial charge in [-0.25, -0.2) is 18.7 Å². The number of hydrogen-bond donors (Lipinski definition) is 1. The Balaban J connectivity index is 2.07. The largest absolute Gasteiger partial charge is 0.397 e. The second-order valence-corrected chi connectivity index (χ2v) is 8.45. The van der Waals surface area contributed by atoms with E-state index in [-0.39, 0.29) is 40.3 Å². The predicted octanol–water partition coefficient (Wildman–Crippen LogP) is 4.43. The third kappa shape index (κ3) is 4.97. The second kappa shape index (κ2) is 10.8. The Kier molecular flexibility index (Phi) is 8.04. The number of nitrogen functional groups attached to an aromatic ring is 1. The summed E-state index contributed by atoms with van der Waals surface area (Å²) in [7, 11) is 0. The first-order chi connectivity index (χ1) is 16.7. The number of halogens is 4. The molecule has 1 fully saturated rings. The molecular formula is C23H21Cl2F2N7O. The molecule has 0 saturated carbocycles. The van der Waals surface area contributed by atoms with E-state index in [0.717, 1.165) is 12.4 Å². The van der Waals surface area contributed by atoms with Gasteiger partial charge in [-0.05, 0) is 25.8 Å². The molecule has 8 nitrogen and oxygen atoms in total. The Morgan fingerprint density at radius 2 is 2.11 bits per heavy atom. The van der Waals surface area contributed by atoms with Crippen molar-refractivity contribution in [3.63, 3.8) is 0 Å². The van der Waals surface area contributed by atoms with Crippen LogP contribution in [0.1, 0.15) is 23.2 Å². The Labute approximate surface area is 211 Å². The lowest BCUT2D eigenvalue weighted by Gasteiger charge is -2.41. The zero-order valence-electron chi connectivity index (χ0n) is 18.7. The van der Waals surface area contributed by atoms with Crippen LogP contribution < -0.4 is 10.6 Å². The van der Waals surface area contributed by atoms with E-state index < -0.39 is 28.9 Å². The van der Waals surface area contributed by atoms with E-state index in [1.807, 2.05) is 4.90 Å². The number of amides is 1. The van der Waals surface area contributed by atoms with E-state index >= 15 is 4.39 Å². The van der Waals surface area contributed by atoms with Crippen molar-refractivity contribution in [2.45, 2.75) is 19.4 Å². The number of nitrogens with zero attached hydrogens (tertiary/aromatic N) is 6. The molecule has 2 aromatic rings. The van der Waals surface area contributed by atoms with Crippen LogP contribution in [0.2, 0.25) is 10.0 Å².